The minimum atomic E-state index is -1.06. The lowest BCUT2D eigenvalue weighted by Gasteiger charge is -2.20. The van der Waals surface area contributed by atoms with Gasteiger partial charge in [-0.15, -0.1) is 0 Å². The number of nitro benzene ring substituents is 1. The molecular weight excluding hydrogens is 300 g/mol. The molecule has 8 heteroatoms. The third kappa shape index (κ3) is 4.71. The standard InChI is InChI=1S/C13H15ClN2O5/c1-7(2)10(6-12(17)18)15-13(19)9-4-3-8(14)5-11(9)16(20)21/h3-5,7,10H,6H2,1-2H3,(H,15,19)(H,17,18). The Hall–Kier alpha value is -2.15. The van der Waals surface area contributed by atoms with E-state index in [1.165, 1.54) is 12.1 Å². The van der Waals surface area contributed by atoms with E-state index in [9.17, 15) is 19.7 Å². The maximum Gasteiger partial charge on any atom is 0.305 e. The molecule has 21 heavy (non-hydrogen) atoms. The molecule has 0 radical (unpaired) electrons. The van der Waals surface area contributed by atoms with Crippen molar-refractivity contribution in [1.82, 2.24) is 5.32 Å². The molecule has 114 valence electrons. The van der Waals surface area contributed by atoms with Gasteiger partial charge >= 0.3 is 5.97 Å². The Kier molecular flexibility index (Phi) is 5.66. The quantitative estimate of drug-likeness (QED) is 0.619. The second-order valence-corrected chi connectivity index (χ2v) is 5.28. The summed E-state index contributed by atoms with van der Waals surface area (Å²) in [5, 5.41) is 22.4. The lowest BCUT2D eigenvalue weighted by Crippen LogP contribution is -2.40. The highest BCUT2D eigenvalue weighted by Gasteiger charge is 2.25. The largest absolute Gasteiger partial charge is 0.481 e. The zero-order valence-electron chi connectivity index (χ0n) is 11.5. The number of carboxylic acid groups (broad SMARTS) is 1. The molecular formula is C13H15ClN2O5. The van der Waals surface area contributed by atoms with Gasteiger partial charge in [0.25, 0.3) is 11.6 Å². The number of benzene rings is 1. The van der Waals surface area contributed by atoms with E-state index in [2.05, 4.69) is 5.32 Å². The number of carbonyl (C=O) groups is 2. The number of rotatable bonds is 6. The predicted octanol–water partition coefficient (Wildman–Crippen LogP) is 2.48. The van der Waals surface area contributed by atoms with Gasteiger partial charge in [0.05, 0.1) is 11.3 Å². The summed E-state index contributed by atoms with van der Waals surface area (Å²) in [4.78, 5) is 33.1. The van der Waals surface area contributed by atoms with Crippen LogP contribution in [0.3, 0.4) is 0 Å². The van der Waals surface area contributed by atoms with Gasteiger partial charge in [-0.05, 0) is 18.1 Å². The van der Waals surface area contributed by atoms with Gasteiger partial charge in [0.2, 0.25) is 0 Å². The molecule has 7 nitrogen and oxygen atoms in total. The summed E-state index contributed by atoms with van der Waals surface area (Å²) in [7, 11) is 0. The van der Waals surface area contributed by atoms with Crippen molar-refractivity contribution in [2.24, 2.45) is 5.92 Å². The van der Waals surface area contributed by atoms with Crippen LogP contribution in [-0.2, 0) is 4.79 Å². The second kappa shape index (κ2) is 7.03. The summed E-state index contributed by atoms with van der Waals surface area (Å²) in [6.07, 6.45) is -0.259. The smallest absolute Gasteiger partial charge is 0.305 e. The van der Waals surface area contributed by atoms with Crippen LogP contribution in [0.25, 0.3) is 0 Å². The zero-order chi connectivity index (χ0) is 16.2. The van der Waals surface area contributed by atoms with Crippen molar-refractivity contribution >= 4 is 29.2 Å². The van der Waals surface area contributed by atoms with Gasteiger partial charge in [-0.2, -0.15) is 0 Å². The van der Waals surface area contributed by atoms with Gasteiger partial charge < -0.3 is 10.4 Å². The number of amides is 1. The van der Waals surface area contributed by atoms with Gasteiger partial charge in [0.15, 0.2) is 0 Å². The van der Waals surface area contributed by atoms with Crippen molar-refractivity contribution in [3.63, 3.8) is 0 Å². The van der Waals surface area contributed by atoms with Crippen molar-refractivity contribution in [3.05, 3.63) is 38.9 Å². The Balaban J connectivity index is 3.02. The molecule has 0 heterocycles. The lowest BCUT2D eigenvalue weighted by molar-refractivity contribution is -0.385. The van der Waals surface area contributed by atoms with Crippen LogP contribution in [0.15, 0.2) is 18.2 Å². The van der Waals surface area contributed by atoms with Crippen molar-refractivity contribution < 1.29 is 19.6 Å². The Morgan fingerprint density at radius 1 is 1.43 bits per heavy atom. The van der Waals surface area contributed by atoms with Crippen LogP contribution in [0, 0.1) is 16.0 Å². The van der Waals surface area contributed by atoms with Gasteiger partial charge in [-0.3, -0.25) is 19.7 Å². The number of aliphatic carboxylic acids is 1. The number of halogens is 1. The van der Waals surface area contributed by atoms with E-state index >= 15 is 0 Å². The molecule has 0 saturated carbocycles. The molecule has 0 aliphatic heterocycles. The van der Waals surface area contributed by atoms with Crippen LogP contribution in [-0.4, -0.2) is 27.9 Å². The number of hydrogen-bond donors (Lipinski definition) is 2. The Morgan fingerprint density at radius 2 is 2.05 bits per heavy atom. The molecule has 0 aromatic heterocycles. The fraction of sp³-hybridized carbons (Fsp3) is 0.385. The minimum absolute atomic E-state index is 0.128. The Morgan fingerprint density at radius 3 is 2.52 bits per heavy atom. The topological polar surface area (TPSA) is 110 Å². The zero-order valence-corrected chi connectivity index (χ0v) is 12.3. The van der Waals surface area contributed by atoms with Crippen LogP contribution in [0.1, 0.15) is 30.6 Å². The van der Waals surface area contributed by atoms with Crippen LogP contribution in [0.4, 0.5) is 5.69 Å². The third-order valence-electron chi connectivity index (χ3n) is 2.92. The minimum Gasteiger partial charge on any atom is -0.481 e. The highest BCUT2D eigenvalue weighted by atomic mass is 35.5. The molecule has 0 saturated heterocycles. The van der Waals surface area contributed by atoms with Gasteiger partial charge in [-0.1, -0.05) is 25.4 Å². The molecule has 1 rings (SSSR count). The first-order chi connectivity index (χ1) is 9.72. The average molecular weight is 315 g/mol. The van der Waals surface area contributed by atoms with Crippen LogP contribution in [0.2, 0.25) is 5.02 Å². The van der Waals surface area contributed by atoms with Crippen LogP contribution in [0.5, 0.6) is 0 Å². The molecule has 1 amide bonds. The number of carboxylic acids is 1. The molecule has 1 atom stereocenters. The molecule has 0 fully saturated rings. The van der Waals surface area contributed by atoms with E-state index in [1.807, 2.05) is 0 Å². The first kappa shape index (κ1) is 16.9. The van der Waals surface area contributed by atoms with Gasteiger partial charge in [0.1, 0.15) is 5.56 Å². The van der Waals surface area contributed by atoms with E-state index in [0.29, 0.717) is 0 Å². The SMILES string of the molecule is CC(C)C(CC(=O)O)NC(=O)c1ccc(Cl)cc1[N+](=O)[O-]. The predicted molar refractivity (Wildman–Crippen MR) is 76.5 cm³/mol. The maximum absolute atomic E-state index is 12.1. The van der Waals surface area contributed by atoms with Crippen molar-refractivity contribution in [3.8, 4) is 0 Å². The van der Waals surface area contributed by atoms with Crippen molar-refractivity contribution in [2.75, 3.05) is 0 Å². The van der Waals surface area contributed by atoms with E-state index in [1.54, 1.807) is 13.8 Å². The molecule has 1 aromatic rings. The van der Waals surface area contributed by atoms with E-state index < -0.39 is 28.5 Å². The average Bonchev–Trinajstić information content (AvgIpc) is 2.36. The maximum atomic E-state index is 12.1. The molecule has 0 spiro atoms. The van der Waals surface area contributed by atoms with Crippen LogP contribution < -0.4 is 5.32 Å². The Labute approximate surface area is 126 Å². The third-order valence-corrected chi connectivity index (χ3v) is 3.15. The van der Waals surface area contributed by atoms with Gasteiger partial charge in [-0.25, -0.2) is 0 Å². The summed E-state index contributed by atoms with van der Waals surface area (Å²) < 4.78 is 0. The molecule has 0 bridgehead atoms. The number of hydrogen-bond acceptors (Lipinski definition) is 4. The fourth-order valence-electron chi connectivity index (χ4n) is 1.74. The number of carbonyl (C=O) groups excluding carboxylic acids is 1. The lowest BCUT2D eigenvalue weighted by atomic mass is 10.0. The molecule has 2 N–H and O–H groups in total. The molecule has 0 aliphatic carbocycles. The number of nitrogens with zero attached hydrogens (tertiary/aromatic N) is 1. The monoisotopic (exact) mass is 314 g/mol. The van der Waals surface area contributed by atoms with E-state index in [4.69, 9.17) is 16.7 Å². The molecule has 0 aliphatic rings. The summed E-state index contributed by atoms with van der Waals surface area (Å²) in [6, 6.07) is 3.07. The highest BCUT2D eigenvalue weighted by Crippen LogP contribution is 2.23. The van der Waals surface area contributed by atoms with Crippen LogP contribution >= 0.6 is 11.6 Å². The van der Waals surface area contributed by atoms with E-state index in [-0.39, 0.29) is 22.9 Å². The Bertz CT molecular complexity index is 574. The van der Waals surface area contributed by atoms with E-state index in [0.717, 1.165) is 6.07 Å². The van der Waals surface area contributed by atoms with Crippen molar-refractivity contribution in [2.45, 2.75) is 26.3 Å². The normalized spacial score (nSPS) is 12.0. The second-order valence-electron chi connectivity index (χ2n) is 4.84. The summed E-state index contributed by atoms with van der Waals surface area (Å²) in [5.74, 6) is -1.88. The summed E-state index contributed by atoms with van der Waals surface area (Å²) in [6.45, 7) is 3.51. The summed E-state index contributed by atoms with van der Waals surface area (Å²) in [5.41, 5.74) is -0.571. The van der Waals surface area contributed by atoms with Crippen molar-refractivity contribution in [1.29, 1.82) is 0 Å². The fourth-order valence-corrected chi connectivity index (χ4v) is 1.90. The molecule has 1 aromatic carbocycles. The van der Waals surface area contributed by atoms with Gasteiger partial charge in [0, 0.05) is 17.1 Å². The number of nitrogens with one attached hydrogen (secondary N) is 1. The highest BCUT2D eigenvalue weighted by molar-refractivity contribution is 6.31. The number of nitro groups is 1. The molecule has 1 unspecified atom stereocenters. The summed E-state index contributed by atoms with van der Waals surface area (Å²) >= 11 is 5.68. The first-order valence-electron chi connectivity index (χ1n) is 6.19. The first-order valence-corrected chi connectivity index (χ1v) is 6.56.